The lowest BCUT2D eigenvalue weighted by Crippen LogP contribution is -1.97. The maximum absolute atomic E-state index is 9.62. The Morgan fingerprint density at radius 1 is 0.465 bits per heavy atom. The summed E-state index contributed by atoms with van der Waals surface area (Å²) in [6.07, 6.45) is 0. The van der Waals surface area contributed by atoms with Gasteiger partial charge in [0.1, 0.15) is 0 Å². The zero-order valence-electron chi connectivity index (χ0n) is 24.0. The molecule has 0 aliphatic rings. The van der Waals surface area contributed by atoms with E-state index in [9.17, 15) is 10.5 Å². The van der Waals surface area contributed by atoms with Gasteiger partial charge in [-0.1, -0.05) is 72.8 Å². The molecule has 0 aliphatic carbocycles. The highest BCUT2D eigenvalue weighted by molar-refractivity contribution is 6.12. The summed E-state index contributed by atoms with van der Waals surface area (Å²) >= 11 is 0. The molecule has 1 heterocycles. The van der Waals surface area contributed by atoms with Gasteiger partial charge in [0, 0.05) is 16.3 Å². The van der Waals surface area contributed by atoms with Crippen molar-refractivity contribution in [3.8, 4) is 51.2 Å². The second-order valence-corrected chi connectivity index (χ2v) is 11.1. The Bertz CT molecular complexity index is 2150. The van der Waals surface area contributed by atoms with Gasteiger partial charge in [-0.3, -0.25) is 0 Å². The van der Waals surface area contributed by atoms with E-state index in [0.717, 1.165) is 72.0 Å². The molecular formula is C40H27N3. The first-order valence-electron chi connectivity index (χ1n) is 14.3. The van der Waals surface area contributed by atoms with Gasteiger partial charge in [0.2, 0.25) is 0 Å². The lowest BCUT2D eigenvalue weighted by atomic mass is 9.97. The van der Waals surface area contributed by atoms with Crippen molar-refractivity contribution in [3.63, 3.8) is 0 Å². The molecule has 1 aromatic heterocycles. The number of aryl methyl sites for hydroxylation is 2. The van der Waals surface area contributed by atoms with Crippen molar-refractivity contribution < 1.29 is 0 Å². The first kappa shape index (κ1) is 26.0. The van der Waals surface area contributed by atoms with Crippen LogP contribution in [0, 0.1) is 36.5 Å². The monoisotopic (exact) mass is 549 g/mol. The summed E-state index contributed by atoms with van der Waals surface area (Å²) in [5.41, 5.74) is 13.3. The standard InChI is InChI=1S/C40H27N3/c1-26-16-28(24-41)20-33(18-26)31-12-14-39-36(22-31)37-23-32(34-19-27(2)17-29(21-34)25-42)13-15-40(37)43(39)38-11-7-6-10-35(38)30-8-4-3-5-9-30/h3-23H,1-2H3. The lowest BCUT2D eigenvalue weighted by molar-refractivity contribution is 1.18. The Balaban J connectivity index is 1.54. The van der Waals surface area contributed by atoms with Crippen LogP contribution in [0.3, 0.4) is 0 Å². The van der Waals surface area contributed by atoms with Gasteiger partial charge in [0.05, 0.1) is 40.0 Å². The zero-order valence-corrected chi connectivity index (χ0v) is 24.0. The van der Waals surface area contributed by atoms with E-state index in [-0.39, 0.29) is 0 Å². The van der Waals surface area contributed by atoms with Crippen LogP contribution in [0.1, 0.15) is 22.3 Å². The summed E-state index contributed by atoms with van der Waals surface area (Å²) in [5, 5.41) is 21.5. The molecule has 0 atom stereocenters. The third kappa shape index (κ3) is 4.64. The summed E-state index contributed by atoms with van der Waals surface area (Å²) in [6, 6.07) is 48.8. The number of para-hydroxylation sites is 1. The molecule has 0 bridgehead atoms. The fourth-order valence-electron chi connectivity index (χ4n) is 6.20. The molecule has 0 amide bonds. The van der Waals surface area contributed by atoms with E-state index < -0.39 is 0 Å². The molecule has 6 aromatic carbocycles. The van der Waals surface area contributed by atoms with Crippen molar-refractivity contribution in [2.45, 2.75) is 13.8 Å². The van der Waals surface area contributed by atoms with Crippen LogP contribution in [-0.4, -0.2) is 4.57 Å². The molecule has 0 aliphatic heterocycles. The molecule has 0 N–H and O–H groups in total. The Morgan fingerprint density at radius 2 is 0.977 bits per heavy atom. The van der Waals surface area contributed by atoms with Crippen LogP contribution < -0.4 is 0 Å². The molecule has 0 radical (unpaired) electrons. The van der Waals surface area contributed by atoms with E-state index in [1.165, 1.54) is 0 Å². The molecule has 0 saturated heterocycles. The molecule has 0 spiro atoms. The Kier molecular flexibility index (Phi) is 6.35. The van der Waals surface area contributed by atoms with Gasteiger partial charge in [-0.25, -0.2) is 0 Å². The van der Waals surface area contributed by atoms with Gasteiger partial charge in [-0.05, 0) is 107 Å². The van der Waals surface area contributed by atoms with Gasteiger partial charge in [-0.15, -0.1) is 0 Å². The third-order valence-electron chi connectivity index (χ3n) is 8.07. The summed E-state index contributed by atoms with van der Waals surface area (Å²) in [4.78, 5) is 0. The van der Waals surface area contributed by atoms with Crippen LogP contribution in [0.4, 0.5) is 0 Å². The summed E-state index contributed by atoms with van der Waals surface area (Å²) in [7, 11) is 0. The molecule has 7 rings (SSSR count). The number of nitriles is 2. The highest BCUT2D eigenvalue weighted by Gasteiger charge is 2.17. The summed E-state index contributed by atoms with van der Waals surface area (Å²) in [6.45, 7) is 4.05. The summed E-state index contributed by atoms with van der Waals surface area (Å²) in [5.74, 6) is 0. The van der Waals surface area contributed by atoms with Gasteiger partial charge in [-0.2, -0.15) is 10.5 Å². The Hall–Kier alpha value is -5.90. The van der Waals surface area contributed by atoms with Gasteiger partial charge in [0.15, 0.2) is 0 Å². The number of fused-ring (bicyclic) bond motifs is 3. The maximum Gasteiger partial charge on any atom is 0.0991 e. The number of nitrogens with zero attached hydrogens (tertiary/aromatic N) is 3. The normalized spacial score (nSPS) is 11.0. The molecule has 0 fully saturated rings. The van der Waals surface area contributed by atoms with Crippen molar-refractivity contribution in [3.05, 3.63) is 150 Å². The molecule has 3 nitrogen and oxygen atoms in total. The third-order valence-corrected chi connectivity index (χ3v) is 8.07. The van der Waals surface area contributed by atoms with Gasteiger partial charge >= 0.3 is 0 Å². The average Bonchev–Trinajstić information content (AvgIpc) is 3.37. The van der Waals surface area contributed by atoms with Crippen LogP contribution >= 0.6 is 0 Å². The highest BCUT2D eigenvalue weighted by Crippen LogP contribution is 2.39. The van der Waals surface area contributed by atoms with E-state index in [0.29, 0.717) is 11.1 Å². The van der Waals surface area contributed by atoms with Gasteiger partial charge in [0.25, 0.3) is 0 Å². The van der Waals surface area contributed by atoms with E-state index >= 15 is 0 Å². The minimum absolute atomic E-state index is 0.657. The number of rotatable bonds is 4. The maximum atomic E-state index is 9.62. The van der Waals surface area contributed by atoms with E-state index in [1.54, 1.807) is 0 Å². The quantitative estimate of drug-likeness (QED) is 0.219. The van der Waals surface area contributed by atoms with Crippen LogP contribution in [0.15, 0.2) is 127 Å². The topological polar surface area (TPSA) is 52.5 Å². The minimum atomic E-state index is 0.657. The first-order chi connectivity index (χ1) is 21.0. The van der Waals surface area contributed by atoms with E-state index in [4.69, 9.17) is 0 Å². The fourth-order valence-corrected chi connectivity index (χ4v) is 6.20. The molecule has 43 heavy (non-hydrogen) atoms. The Labute approximate surface area is 251 Å². The van der Waals surface area contributed by atoms with Crippen LogP contribution in [0.25, 0.3) is 60.9 Å². The van der Waals surface area contributed by atoms with Crippen LogP contribution in [0.2, 0.25) is 0 Å². The average molecular weight is 550 g/mol. The van der Waals surface area contributed by atoms with E-state index in [2.05, 4.69) is 114 Å². The zero-order chi connectivity index (χ0) is 29.5. The SMILES string of the molecule is Cc1cc(C#N)cc(-c2ccc3c(c2)c2cc(-c4cc(C)cc(C#N)c4)ccc2n3-c2ccccc2-c2ccccc2)c1. The van der Waals surface area contributed by atoms with Crippen molar-refractivity contribution in [1.29, 1.82) is 10.5 Å². The van der Waals surface area contributed by atoms with Crippen LogP contribution in [-0.2, 0) is 0 Å². The Morgan fingerprint density at radius 3 is 1.51 bits per heavy atom. The number of hydrogen-bond acceptors (Lipinski definition) is 2. The molecule has 7 aromatic rings. The molecular weight excluding hydrogens is 522 g/mol. The smallest absolute Gasteiger partial charge is 0.0991 e. The predicted octanol–water partition coefficient (Wildman–Crippen LogP) is 10.1. The van der Waals surface area contributed by atoms with E-state index in [1.807, 2.05) is 44.2 Å². The number of benzene rings is 6. The molecule has 0 saturated carbocycles. The second kappa shape index (κ2) is 10.5. The fraction of sp³-hybridized carbons (Fsp3) is 0.0500. The van der Waals surface area contributed by atoms with Crippen LogP contribution in [0.5, 0.6) is 0 Å². The lowest BCUT2D eigenvalue weighted by Gasteiger charge is -2.14. The summed E-state index contributed by atoms with van der Waals surface area (Å²) < 4.78 is 2.36. The minimum Gasteiger partial charge on any atom is -0.309 e. The molecule has 202 valence electrons. The van der Waals surface area contributed by atoms with Crippen molar-refractivity contribution in [1.82, 2.24) is 4.57 Å². The second-order valence-electron chi connectivity index (χ2n) is 11.1. The van der Waals surface area contributed by atoms with Crippen molar-refractivity contribution in [2.75, 3.05) is 0 Å². The number of aromatic nitrogens is 1. The molecule has 0 unspecified atom stereocenters. The first-order valence-corrected chi connectivity index (χ1v) is 14.3. The molecule has 3 heteroatoms. The van der Waals surface area contributed by atoms with Crippen molar-refractivity contribution in [2.24, 2.45) is 0 Å². The van der Waals surface area contributed by atoms with Crippen molar-refractivity contribution >= 4 is 21.8 Å². The predicted molar refractivity (Wildman–Crippen MR) is 176 cm³/mol. The highest BCUT2D eigenvalue weighted by atomic mass is 15.0. The largest absolute Gasteiger partial charge is 0.309 e. The van der Waals surface area contributed by atoms with Gasteiger partial charge < -0.3 is 4.57 Å². The number of hydrogen-bond donors (Lipinski definition) is 0.